The highest BCUT2D eigenvalue weighted by atomic mass is 32.2. The van der Waals surface area contributed by atoms with Crippen LogP contribution in [-0.4, -0.2) is 19.5 Å². The number of carboxylic acid groups (broad SMARTS) is 1. The molecule has 2 rings (SSSR count). The van der Waals surface area contributed by atoms with E-state index in [2.05, 4.69) is 4.72 Å². The monoisotopic (exact) mass is 312 g/mol. The summed E-state index contributed by atoms with van der Waals surface area (Å²) in [6.45, 7) is 1.79. The first-order valence-electron chi connectivity index (χ1n) is 5.51. The summed E-state index contributed by atoms with van der Waals surface area (Å²) < 4.78 is 26.7. The fourth-order valence-corrected chi connectivity index (χ4v) is 3.94. The molecule has 0 saturated heterocycles. The zero-order valence-electron chi connectivity index (χ0n) is 10.5. The van der Waals surface area contributed by atoms with E-state index in [1.165, 1.54) is 24.3 Å². The third-order valence-corrected chi connectivity index (χ3v) is 5.36. The number of hydrogen-bond donors (Lipinski definition) is 3. The SMILES string of the molecule is Cc1ccc(S(=O)(=O)Nc2ccc(N)cc2C(=O)O)s1. The number of nitrogens with two attached hydrogens (primary N) is 1. The molecule has 2 aromatic rings. The van der Waals surface area contributed by atoms with Gasteiger partial charge in [0.1, 0.15) is 4.21 Å². The largest absolute Gasteiger partial charge is 0.478 e. The van der Waals surface area contributed by atoms with Crippen molar-refractivity contribution < 1.29 is 18.3 Å². The number of nitrogens with one attached hydrogen (secondary N) is 1. The molecule has 0 atom stereocenters. The molecule has 0 fully saturated rings. The Labute approximate surface area is 119 Å². The summed E-state index contributed by atoms with van der Waals surface area (Å²) in [6, 6.07) is 7.13. The fourth-order valence-electron chi connectivity index (χ4n) is 1.58. The molecule has 20 heavy (non-hydrogen) atoms. The third-order valence-electron chi connectivity index (χ3n) is 2.50. The number of aryl methyl sites for hydroxylation is 1. The lowest BCUT2D eigenvalue weighted by Crippen LogP contribution is -2.14. The van der Waals surface area contributed by atoms with Crippen LogP contribution in [0.3, 0.4) is 0 Å². The fraction of sp³-hybridized carbons (Fsp3) is 0.0833. The number of thiophene rings is 1. The van der Waals surface area contributed by atoms with E-state index in [-0.39, 0.29) is 21.1 Å². The second kappa shape index (κ2) is 5.14. The predicted molar refractivity (Wildman–Crippen MR) is 77.7 cm³/mol. The van der Waals surface area contributed by atoms with E-state index in [0.29, 0.717) is 0 Å². The van der Waals surface area contributed by atoms with Gasteiger partial charge in [-0.3, -0.25) is 4.72 Å². The standard InChI is InChI=1S/C12H12N2O4S2/c1-7-2-5-11(19-7)20(17,18)14-10-4-3-8(13)6-9(10)12(15)16/h2-6,14H,13H2,1H3,(H,15,16). The van der Waals surface area contributed by atoms with E-state index in [1.807, 2.05) is 0 Å². The average molecular weight is 312 g/mol. The van der Waals surface area contributed by atoms with Crippen LogP contribution in [0.1, 0.15) is 15.2 Å². The molecule has 0 saturated carbocycles. The van der Waals surface area contributed by atoms with Crippen LogP contribution in [0.5, 0.6) is 0 Å². The van der Waals surface area contributed by atoms with Crippen LogP contribution in [-0.2, 0) is 10.0 Å². The van der Waals surface area contributed by atoms with Gasteiger partial charge >= 0.3 is 5.97 Å². The highest BCUT2D eigenvalue weighted by molar-refractivity contribution is 7.94. The van der Waals surface area contributed by atoms with Gasteiger partial charge in [0, 0.05) is 10.6 Å². The topological polar surface area (TPSA) is 109 Å². The molecule has 106 valence electrons. The first kappa shape index (κ1) is 14.4. The second-order valence-electron chi connectivity index (χ2n) is 4.08. The van der Waals surface area contributed by atoms with Crippen molar-refractivity contribution in [1.82, 2.24) is 0 Å². The molecule has 1 aromatic heterocycles. The number of nitrogen functional groups attached to an aromatic ring is 1. The van der Waals surface area contributed by atoms with Gasteiger partial charge in [0.25, 0.3) is 10.0 Å². The highest BCUT2D eigenvalue weighted by Gasteiger charge is 2.20. The van der Waals surface area contributed by atoms with Gasteiger partial charge in [-0.2, -0.15) is 0 Å². The zero-order valence-corrected chi connectivity index (χ0v) is 12.1. The number of rotatable bonds is 4. The van der Waals surface area contributed by atoms with Gasteiger partial charge in [0.05, 0.1) is 11.3 Å². The highest BCUT2D eigenvalue weighted by Crippen LogP contribution is 2.26. The third kappa shape index (κ3) is 2.91. The van der Waals surface area contributed by atoms with Crippen LogP contribution >= 0.6 is 11.3 Å². The minimum atomic E-state index is -3.80. The molecule has 0 spiro atoms. The molecule has 0 aliphatic carbocycles. The second-order valence-corrected chi connectivity index (χ2v) is 7.28. The summed E-state index contributed by atoms with van der Waals surface area (Å²) in [5.41, 5.74) is 5.54. The van der Waals surface area contributed by atoms with Crippen molar-refractivity contribution in [1.29, 1.82) is 0 Å². The first-order chi connectivity index (χ1) is 9.29. The molecule has 4 N–H and O–H groups in total. The lowest BCUT2D eigenvalue weighted by Gasteiger charge is -2.09. The van der Waals surface area contributed by atoms with Gasteiger partial charge in [-0.1, -0.05) is 0 Å². The lowest BCUT2D eigenvalue weighted by molar-refractivity contribution is 0.0698. The van der Waals surface area contributed by atoms with Gasteiger partial charge < -0.3 is 10.8 Å². The normalized spacial score (nSPS) is 11.2. The van der Waals surface area contributed by atoms with Crippen molar-refractivity contribution in [3.63, 3.8) is 0 Å². The number of carbonyl (C=O) groups is 1. The van der Waals surface area contributed by atoms with Crippen molar-refractivity contribution in [3.05, 3.63) is 40.8 Å². The number of anilines is 2. The first-order valence-corrected chi connectivity index (χ1v) is 7.81. The van der Waals surface area contributed by atoms with Crippen LogP contribution < -0.4 is 10.5 Å². The molecule has 0 amide bonds. The minimum absolute atomic E-state index is 0.0160. The molecule has 0 aliphatic rings. The Morgan fingerprint density at radius 3 is 2.55 bits per heavy atom. The van der Waals surface area contributed by atoms with E-state index >= 15 is 0 Å². The van der Waals surface area contributed by atoms with E-state index in [4.69, 9.17) is 10.8 Å². The summed E-state index contributed by atoms with van der Waals surface area (Å²) in [6.07, 6.45) is 0. The average Bonchev–Trinajstić information content (AvgIpc) is 2.78. The molecule has 1 heterocycles. The molecule has 0 aliphatic heterocycles. The molecule has 0 radical (unpaired) electrons. The molecule has 6 nitrogen and oxygen atoms in total. The Bertz CT molecular complexity index is 766. The molecular weight excluding hydrogens is 300 g/mol. The van der Waals surface area contributed by atoms with Gasteiger partial charge in [-0.25, -0.2) is 13.2 Å². The molecule has 0 bridgehead atoms. The summed E-state index contributed by atoms with van der Waals surface area (Å²) in [5.74, 6) is -1.25. The maximum atomic E-state index is 12.1. The minimum Gasteiger partial charge on any atom is -0.478 e. The van der Waals surface area contributed by atoms with Crippen LogP contribution in [0.2, 0.25) is 0 Å². The predicted octanol–water partition coefficient (Wildman–Crippen LogP) is 2.14. The van der Waals surface area contributed by atoms with Crippen molar-refractivity contribution in [3.8, 4) is 0 Å². The molecule has 0 unspecified atom stereocenters. The number of benzene rings is 1. The van der Waals surface area contributed by atoms with E-state index < -0.39 is 16.0 Å². The summed E-state index contributed by atoms with van der Waals surface area (Å²) in [4.78, 5) is 12.0. The van der Waals surface area contributed by atoms with Crippen LogP contribution in [0.25, 0.3) is 0 Å². The van der Waals surface area contributed by atoms with Crippen LogP contribution in [0, 0.1) is 6.92 Å². The van der Waals surface area contributed by atoms with Crippen molar-refractivity contribution >= 4 is 38.7 Å². The van der Waals surface area contributed by atoms with Gasteiger partial charge in [-0.15, -0.1) is 11.3 Å². The summed E-state index contributed by atoms with van der Waals surface area (Å²) in [5, 5.41) is 9.07. The van der Waals surface area contributed by atoms with Gasteiger partial charge in [0.15, 0.2) is 0 Å². The summed E-state index contributed by atoms with van der Waals surface area (Å²) >= 11 is 1.11. The van der Waals surface area contributed by atoms with E-state index in [0.717, 1.165) is 16.2 Å². The Hall–Kier alpha value is -2.06. The van der Waals surface area contributed by atoms with E-state index in [9.17, 15) is 13.2 Å². The zero-order chi connectivity index (χ0) is 14.9. The van der Waals surface area contributed by atoms with Crippen molar-refractivity contribution in [2.45, 2.75) is 11.1 Å². The maximum Gasteiger partial charge on any atom is 0.337 e. The number of carboxylic acids is 1. The number of sulfonamides is 1. The Kier molecular flexibility index (Phi) is 3.69. The summed E-state index contributed by atoms with van der Waals surface area (Å²) in [7, 11) is -3.80. The maximum absolute atomic E-state index is 12.1. The van der Waals surface area contributed by atoms with Gasteiger partial charge in [0.2, 0.25) is 0 Å². The molecular formula is C12H12N2O4S2. The number of hydrogen-bond acceptors (Lipinski definition) is 5. The van der Waals surface area contributed by atoms with Crippen LogP contribution in [0.4, 0.5) is 11.4 Å². The molecule has 8 heteroatoms. The smallest absolute Gasteiger partial charge is 0.337 e. The lowest BCUT2D eigenvalue weighted by atomic mass is 10.1. The van der Waals surface area contributed by atoms with E-state index in [1.54, 1.807) is 13.0 Å². The Balaban J connectivity index is 2.42. The van der Waals surface area contributed by atoms with Crippen molar-refractivity contribution in [2.24, 2.45) is 0 Å². The van der Waals surface area contributed by atoms with Gasteiger partial charge in [-0.05, 0) is 37.3 Å². The Morgan fingerprint density at radius 1 is 1.30 bits per heavy atom. The quantitative estimate of drug-likeness (QED) is 0.749. The molecule has 1 aromatic carbocycles. The van der Waals surface area contributed by atoms with Crippen molar-refractivity contribution in [2.75, 3.05) is 10.5 Å². The number of aromatic carboxylic acids is 1. The van der Waals surface area contributed by atoms with Crippen LogP contribution in [0.15, 0.2) is 34.5 Å². The Morgan fingerprint density at radius 2 is 2.00 bits per heavy atom.